The molecule has 0 aliphatic carbocycles. The molecule has 1 aliphatic heterocycles. The van der Waals surface area contributed by atoms with Gasteiger partial charge in [-0.05, 0) is 48.5 Å². The van der Waals surface area contributed by atoms with Crippen LogP contribution in [0.1, 0.15) is 48.5 Å². The molecule has 0 spiro atoms. The predicted molar refractivity (Wildman–Crippen MR) is 104 cm³/mol. The van der Waals surface area contributed by atoms with Gasteiger partial charge in [-0.15, -0.1) is 0 Å². The Kier molecular flexibility index (Phi) is 7.88. The quantitative estimate of drug-likeness (QED) is 0.549. The van der Waals surface area contributed by atoms with Crippen molar-refractivity contribution in [2.45, 2.75) is 71.8 Å². The minimum atomic E-state index is -1.04. The first-order chi connectivity index (χ1) is 13.1. The second kappa shape index (κ2) is 9.32. The molecule has 1 rings (SSSR count). The fraction of sp³-hybridized carbons (Fsp3) is 0.789. The number of nitrogens with one attached hydrogen (secondary N) is 1. The second-order valence-corrected chi connectivity index (χ2v) is 8.87. The minimum Gasteiger partial charge on any atom is -0.467 e. The lowest BCUT2D eigenvalue weighted by Gasteiger charge is -2.41. The van der Waals surface area contributed by atoms with Crippen LogP contribution in [0.2, 0.25) is 0 Å². The Bertz CT molecular complexity index is 637. The van der Waals surface area contributed by atoms with Crippen LogP contribution >= 0.6 is 0 Å². The van der Waals surface area contributed by atoms with Crippen molar-refractivity contribution in [1.29, 1.82) is 0 Å². The summed E-state index contributed by atoms with van der Waals surface area (Å²) in [6.45, 7) is 12.0. The van der Waals surface area contributed by atoms with Crippen molar-refractivity contribution in [3.63, 3.8) is 0 Å². The Balaban J connectivity index is 3.02. The fourth-order valence-corrected chi connectivity index (χ4v) is 2.58. The molecule has 1 heterocycles. The van der Waals surface area contributed by atoms with Gasteiger partial charge in [0.05, 0.1) is 13.7 Å². The van der Waals surface area contributed by atoms with E-state index in [0.717, 1.165) is 0 Å². The van der Waals surface area contributed by atoms with Gasteiger partial charge >= 0.3 is 18.2 Å². The van der Waals surface area contributed by atoms with Crippen LogP contribution in [0.3, 0.4) is 0 Å². The van der Waals surface area contributed by atoms with Gasteiger partial charge in [-0.2, -0.15) is 0 Å². The fourth-order valence-electron chi connectivity index (χ4n) is 2.58. The van der Waals surface area contributed by atoms with Crippen LogP contribution in [0.5, 0.6) is 0 Å². The molecule has 2 unspecified atom stereocenters. The summed E-state index contributed by atoms with van der Waals surface area (Å²) in [5, 5.41) is 2.51. The van der Waals surface area contributed by atoms with Crippen molar-refractivity contribution in [1.82, 2.24) is 15.1 Å². The van der Waals surface area contributed by atoms with Gasteiger partial charge in [0.15, 0.2) is 0 Å². The monoisotopic (exact) mass is 415 g/mol. The van der Waals surface area contributed by atoms with Crippen molar-refractivity contribution in [2.75, 3.05) is 26.7 Å². The standard InChI is InChI=1S/C19H33N3O7/c1-12(15(24)27-8)20-14(23)13-11-21(16(25)28-18(2,3)4)9-10-22(13)17(26)29-19(5,6)7/h12-13H,9-11H2,1-8H3,(H,20,23). The highest BCUT2D eigenvalue weighted by atomic mass is 16.6. The molecule has 2 atom stereocenters. The minimum absolute atomic E-state index is 0.0822. The Morgan fingerprint density at radius 3 is 1.93 bits per heavy atom. The summed E-state index contributed by atoms with van der Waals surface area (Å²) in [6, 6.07) is -1.96. The number of amides is 3. The van der Waals surface area contributed by atoms with Crippen molar-refractivity contribution in [3.05, 3.63) is 0 Å². The molecule has 166 valence electrons. The summed E-state index contributed by atoms with van der Waals surface area (Å²) in [5.74, 6) is -1.22. The molecule has 0 aromatic rings. The molecule has 0 bridgehead atoms. The van der Waals surface area contributed by atoms with Crippen molar-refractivity contribution >= 4 is 24.1 Å². The summed E-state index contributed by atoms with van der Waals surface area (Å²) in [5.41, 5.74) is -1.45. The number of hydrogen-bond acceptors (Lipinski definition) is 7. The molecule has 1 N–H and O–H groups in total. The third-order valence-electron chi connectivity index (χ3n) is 3.88. The average Bonchev–Trinajstić information content (AvgIpc) is 2.57. The normalized spacial score (nSPS) is 18.6. The lowest BCUT2D eigenvalue weighted by Crippen LogP contribution is -2.63. The van der Waals surface area contributed by atoms with E-state index < -0.39 is 47.3 Å². The first-order valence-corrected chi connectivity index (χ1v) is 9.50. The average molecular weight is 415 g/mol. The molecule has 1 saturated heterocycles. The van der Waals surface area contributed by atoms with Gasteiger partial charge in [0.1, 0.15) is 23.3 Å². The summed E-state index contributed by atoms with van der Waals surface area (Å²) in [6.07, 6.45) is -1.26. The zero-order chi connectivity index (χ0) is 22.6. The van der Waals surface area contributed by atoms with E-state index in [-0.39, 0.29) is 19.6 Å². The molecule has 0 saturated carbocycles. The number of rotatable bonds is 3. The Morgan fingerprint density at radius 1 is 0.931 bits per heavy atom. The van der Waals surface area contributed by atoms with Crippen LogP contribution in [0, 0.1) is 0 Å². The third-order valence-corrected chi connectivity index (χ3v) is 3.88. The van der Waals surface area contributed by atoms with E-state index in [0.29, 0.717) is 0 Å². The largest absolute Gasteiger partial charge is 0.467 e. The van der Waals surface area contributed by atoms with E-state index in [1.165, 1.54) is 23.8 Å². The Hall–Kier alpha value is -2.52. The Labute approximate surface area is 171 Å². The van der Waals surface area contributed by atoms with Gasteiger partial charge in [-0.3, -0.25) is 9.69 Å². The highest BCUT2D eigenvalue weighted by Gasteiger charge is 2.40. The van der Waals surface area contributed by atoms with Gasteiger partial charge < -0.3 is 24.4 Å². The van der Waals surface area contributed by atoms with Crippen LogP contribution in [-0.2, 0) is 23.8 Å². The molecule has 0 radical (unpaired) electrons. The molecular formula is C19H33N3O7. The molecular weight excluding hydrogens is 382 g/mol. The van der Waals surface area contributed by atoms with E-state index in [1.54, 1.807) is 41.5 Å². The summed E-state index contributed by atoms with van der Waals surface area (Å²) < 4.78 is 15.4. The molecule has 10 heteroatoms. The number of carbonyl (C=O) groups is 4. The molecule has 3 amide bonds. The van der Waals surface area contributed by atoms with Crippen LogP contribution in [-0.4, -0.2) is 83.9 Å². The van der Waals surface area contributed by atoms with Gasteiger partial charge in [0.2, 0.25) is 5.91 Å². The number of methoxy groups -OCH3 is 1. The van der Waals surface area contributed by atoms with Crippen LogP contribution in [0.15, 0.2) is 0 Å². The van der Waals surface area contributed by atoms with E-state index in [9.17, 15) is 19.2 Å². The van der Waals surface area contributed by atoms with Crippen LogP contribution in [0.25, 0.3) is 0 Å². The first-order valence-electron chi connectivity index (χ1n) is 9.50. The number of piperazine rings is 1. The number of ether oxygens (including phenoxy) is 3. The van der Waals surface area contributed by atoms with Gasteiger partial charge in [0, 0.05) is 13.1 Å². The maximum absolute atomic E-state index is 12.8. The number of hydrogen-bond donors (Lipinski definition) is 1. The van der Waals surface area contributed by atoms with Crippen molar-refractivity contribution in [2.24, 2.45) is 0 Å². The third kappa shape index (κ3) is 7.78. The molecule has 29 heavy (non-hydrogen) atoms. The lowest BCUT2D eigenvalue weighted by molar-refractivity contribution is -0.145. The molecule has 1 aliphatic rings. The second-order valence-electron chi connectivity index (χ2n) is 8.87. The number of carbonyl (C=O) groups excluding carboxylic acids is 4. The maximum atomic E-state index is 12.8. The van der Waals surface area contributed by atoms with Crippen LogP contribution < -0.4 is 5.32 Å². The van der Waals surface area contributed by atoms with E-state index >= 15 is 0 Å². The van der Waals surface area contributed by atoms with Gasteiger partial charge in [0.25, 0.3) is 0 Å². The highest BCUT2D eigenvalue weighted by molar-refractivity contribution is 5.90. The lowest BCUT2D eigenvalue weighted by atomic mass is 10.1. The summed E-state index contributed by atoms with van der Waals surface area (Å²) in [4.78, 5) is 52.1. The van der Waals surface area contributed by atoms with E-state index in [2.05, 4.69) is 10.1 Å². The van der Waals surface area contributed by atoms with E-state index in [4.69, 9.17) is 9.47 Å². The summed E-state index contributed by atoms with van der Waals surface area (Å²) >= 11 is 0. The predicted octanol–water partition coefficient (Wildman–Crippen LogP) is 1.52. The maximum Gasteiger partial charge on any atom is 0.411 e. The Morgan fingerprint density at radius 2 is 1.45 bits per heavy atom. The van der Waals surface area contributed by atoms with Crippen molar-refractivity contribution < 1.29 is 33.4 Å². The first kappa shape index (κ1) is 24.5. The number of nitrogens with zero attached hydrogens (tertiary/aromatic N) is 2. The molecule has 1 fully saturated rings. The zero-order valence-electron chi connectivity index (χ0n) is 18.5. The topological polar surface area (TPSA) is 114 Å². The zero-order valence-corrected chi connectivity index (χ0v) is 18.5. The SMILES string of the molecule is COC(=O)C(C)NC(=O)C1CN(C(=O)OC(C)(C)C)CCN1C(=O)OC(C)(C)C. The molecule has 10 nitrogen and oxygen atoms in total. The van der Waals surface area contributed by atoms with Crippen LogP contribution in [0.4, 0.5) is 9.59 Å². The van der Waals surface area contributed by atoms with Gasteiger partial charge in [-0.25, -0.2) is 14.4 Å². The number of esters is 1. The molecule has 0 aromatic heterocycles. The smallest absolute Gasteiger partial charge is 0.411 e. The molecule has 0 aromatic carbocycles. The van der Waals surface area contributed by atoms with Crippen molar-refractivity contribution in [3.8, 4) is 0 Å². The highest BCUT2D eigenvalue weighted by Crippen LogP contribution is 2.18. The van der Waals surface area contributed by atoms with E-state index in [1.807, 2.05) is 0 Å². The van der Waals surface area contributed by atoms with Gasteiger partial charge in [-0.1, -0.05) is 0 Å². The summed E-state index contributed by atoms with van der Waals surface area (Å²) in [7, 11) is 1.21.